The standard InChI is InChI=1S/C19H30FNO4/c1-14-5-6-17(20)18(9-14)24-13-16-11-21(7-8-23-16)10-15(22)12-25-19(2,3)4/h5-6,9,15-16,22H,7-8,10-13H2,1-4H3/t15-,16+/m1/s1. The Morgan fingerprint density at radius 3 is 2.88 bits per heavy atom. The lowest BCUT2D eigenvalue weighted by atomic mass is 10.2. The molecule has 1 fully saturated rings. The van der Waals surface area contributed by atoms with Gasteiger partial charge in [-0.1, -0.05) is 6.07 Å². The number of halogens is 1. The molecule has 0 aromatic heterocycles. The van der Waals surface area contributed by atoms with E-state index in [0.717, 1.165) is 12.1 Å². The number of β-amino-alcohol motifs (C(OH)–C–C–N with tert-alkyl or cyclic N) is 1. The Labute approximate surface area is 149 Å². The molecule has 0 spiro atoms. The fraction of sp³-hybridized carbons (Fsp3) is 0.684. The normalized spacial score (nSPS) is 20.5. The second-order valence-corrected chi connectivity index (χ2v) is 7.57. The van der Waals surface area contributed by atoms with Crippen molar-refractivity contribution in [2.45, 2.75) is 45.5 Å². The first kappa shape index (κ1) is 20.1. The minimum atomic E-state index is -0.548. The first-order valence-corrected chi connectivity index (χ1v) is 8.78. The molecule has 1 aromatic rings. The van der Waals surface area contributed by atoms with E-state index in [1.54, 1.807) is 12.1 Å². The Morgan fingerprint density at radius 1 is 1.40 bits per heavy atom. The summed E-state index contributed by atoms with van der Waals surface area (Å²) < 4.78 is 30.6. The maximum atomic E-state index is 13.7. The van der Waals surface area contributed by atoms with Crippen LogP contribution in [0.1, 0.15) is 26.3 Å². The smallest absolute Gasteiger partial charge is 0.165 e. The molecule has 1 saturated heterocycles. The first-order chi connectivity index (χ1) is 11.7. The van der Waals surface area contributed by atoms with E-state index in [9.17, 15) is 9.50 Å². The maximum absolute atomic E-state index is 13.7. The molecule has 0 saturated carbocycles. The van der Waals surface area contributed by atoms with Crippen LogP contribution in [0, 0.1) is 12.7 Å². The zero-order chi connectivity index (χ0) is 18.4. The molecule has 0 aliphatic carbocycles. The Kier molecular flexibility index (Phi) is 7.19. The largest absolute Gasteiger partial charge is 0.488 e. The third-order valence-electron chi connectivity index (χ3n) is 3.91. The van der Waals surface area contributed by atoms with Gasteiger partial charge in [0.1, 0.15) is 12.7 Å². The van der Waals surface area contributed by atoms with Gasteiger partial charge in [-0.3, -0.25) is 4.90 Å². The van der Waals surface area contributed by atoms with Gasteiger partial charge >= 0.3 is 0 Å². The van der Waals surface area contributed by atoms with Crippen LogP contribution in [0.15, 0.2) is 18.2 Å². The van der Waals surface area contributed by atoms with Crippen LogP contribution in [0.5, 0.6) is 5.75 Å². The van der Waals surface area contributed by atoms with Crippen molar-refractivity contribution in [1.82, 2.24) is 4.90 Å². The van der Waals surface area contributed by atoms with Gasteiger partial charge in [0, 0.05) is 19.6 Å². The molecule has 2 rings (SSSR count). The summed E-state index contributed by atoms with van der Waals surface area (Å²) in [6.07, 6.45) is -0.697. The Balaban J connectivity index is 1.77. The van der Waals surface area contributed by atoms with Crippen molar-refractivity contribution < 1.29 is 23.7 Å². The number of aliphatic hydroxyl groups is 1. The predicted octanol–water partition coefficient (Wildman–Crippen LogP) is 2.39. The molecule has 2 atom stereocenters. The number of morpholine rings is 1. The summed E-state index contributed by atoms with van der Waals surface area (Å²) in [5.41, 5.74) is 0.685. The van der Waals surface area contributed by atoms with Crippen molar-refractivity contribution in [3.05, 3.63) is 29.6 Å². The number of aryl methyl sites for hydroxylation is 1. The van der Waals surface area contributed by atoms with Gasteiger partial charge in [0.15, 0.2) is 11.6 Å². The van der Waals surface area contributed by atoms with Gasteiger partial charge < -0.3 is 19.3 Å². The Bertz CT molecular complexity index is 547. The van der Waals surface area contributed by atoms with E-state index < -0.39 is 6.10 Å². The van der Waals surface area contributed by atoms with Gasteiger partial charge in [0.2, 0.25) is 0 Å². The van der Waals surface area contributed by atoms with Gasteiger partial charge in [-0.05, 0) is 45.4 Å². The predicted molar refractivity (Wildman–Crippen MR) is 94.5 cm³/mol. The minimum absolute atomic E-state index is 0.149. The van der Waals surface area contributed by atoms with E-state index >= 15 is 0 Å². The van der Waals surface area contributed by atoms with E-state index in [1.807, 2.05) is 27.7 Å². The zero-order valence-corrected chi connectivity index (χ0v) is 15.6. The average molecular weight is 355 g/mol. The third kappa shape index (κ3) is 7.28. The maximum Gasteiger partial charge on any atom is 0.165 e. The van der Waals surface area contributed by atoms with Crippen molar-refractivity contribution in [2.75, 3.05) is 39.5 Å². The lowest BCUT2D eigenvalue weighted by molar-refractivity contribution is -0.0813. The van der Waals surface area contributed by atoms with Gasteiger partial charge in [-0.25, -0.2) is 4.39 Å². The third-order valence-corrected chi connectivity index (χ3v) is 3.91. The zero-order valence-electron chi connectivity index (χ0n) is 15.6. The van der Waals surface area contributed by atoms with E-state index in [-0.39, 0.29) is 29.9 Å². The average Bonchev–Trinajstić information content (AvgIpc) is 2.53. The molecular formula is C19H30FNO4. The molecule has 0 unspecified atom stereocenters. The molecule has 5 nitrogen and oxygen atoms in total. The number of rotatable bonds is 7. The molecule has 25 heavy (non-hydrogen) atoms. The molecule has 1 aliphatic rings. The number of ether oxygens (including phenoxy) is 3. The van der Waals surface area contributed by atoms with Crippen molar-refractivity contribution >= 4 is 0 Å². The molecule has 1 heterocycles. The van der Waals surface area contributed by atoms with Gasteiger partial charge in [0.05, 0.1) is 24.9 Å². The lowest BCUT2D eigenvalue weighted by Crippen LogP contribution is -2.48. The molecule has 1 aromatic carbocycles. The Morgan fingerprint density at radius 2 is 2.16 bits per heavy atom. The lowest BCUT2D eigenvalue weighted by Gasteiger charge is -2.34. The van der Waals surface area contributed by atoms with Gasteiger partial charge in [-0.2, -0.15) is 0 Å². The molecule has 0 amide bonds. The summed E-state index contributed by atoms with van der Waals surface area (Å²) >= 11 is 0. The number of benzene rings is 1. The topological polar surface area (TPSA) is 51.2 Å². The fourth-order valence-electron chi connectivity index (χ4n) is 2.65. The minimum Gasteiger partial charge on any atom is -0.488 e. The van der Waals surface area contributed by atoms with Crippen molar-refractivity contribution in [3.63, 3.8) is 0 Å². The van der Waals surface area contributed by atoms with Crippen LogP contribution in [0.4, 0.5) is 4.39 Å². The van der Waals surface area contributed by atoms with E-state index in [0.29, 0.717) is 26.3 Å². The Hall–Kier alpha value is -1.21. The first-order valence-electron chi connectivity index (χ1n) is 8.78. The molecule has 6 heteroatoms. The van der Waals surface area contributed by atoms with Crippen LogP contribution in [0.25, 0.3) is 0 Å². The summed E-state index contributed by atoms with van der Waals surface area (Å²) in [6.45, 7) is 10.9. The van der Waals surface area contributed by atoms with Crippen LogP contribution in [0.3, 0.4) is 0 Å². The molecule has 1 aliphatic heterocycles. The van der Waals surface area contributed by atoms with Crippen LogP contribution in [-0.2, 0) is 9.47 Å². The second-order valence-electron chi connectivity index (χ2n) is 7.57. The molecule has 1 N–H and O–H groups in total. The van der Waals surface area contributed by atoms with Crippen LogP contribution in [0.2, 0.25) is 0 Å². The van der Waals surface area contributed by atoms with Gasteiger partial charge in [-0.15, -0.1) is 0 Å². The van der Waals surface area contributed by atoms with Gasteiger partial charge in [0.25, 0.3) is 0 Å². The highest BCUT2D eigenvalue weighted by molar-refractivity contribution is 5.29. The number of hydrogen-bond donors (Lipinski definition) is 1. The summed E-state index contributed by atoms with van der Waals surface area (Å²) in [5.74, 6) is -0.118. The van der Waals surface area contributed by atoms with Crippen LogP contribution >= 0.6 is 0 Å². The van der Waals surface area contributed by atoms with E-state index in [1.165, 1.54) is 6.07 Å². The molecule has 0 radical (unpaired) electrons. The van der Waals surface area contributed by atoms with Crippen molar-refractivity contribution in [3.8, 4) is 5.75 Å². The number of hydrogen-bond acceptors (Lipinski definition) is 5. The number of nitrogens with zero attached hydrogens (tertiary/aromatic N) is 1. The number of aliphatic hydroxyl groups excluding tert-OH is 1. The highest BCUT2D eigenvalue weighted by Crippen LogP contribution is 2.19. The molecule has 0 bridgehead atoms. The van der Waals surface area contributed by atoms with Crippen molar-refractivity contribution in [1.29, 1.82) is 0 Å². The monoisotopic (exact) mass is 355 g/mol. The van der Waals surface area contributed by atoms with Crippen molar-refractivity contribution in [2.24, 2.45) is 0 Å². The summed E-state index contributed by atoms with van der Waals surface area (Å²) in [5, 5.41) is 10.1. The summed E-state index contributed by atoms with van der Waals surface area (Å²) in [7, 11) is 0. The summed E-state index contributed by atoms with van der Waals surface area (Å²) in [4.78, 5) is 2.13. The highest BCUT2D eigenvalue weighted by Gasteiger charge is 2.24. The highest BCUT2D eigenvalue weighted by atomic mass is 19.1. The SMILES string of the molecule is Cc1ccc(F)c(OC[C@@H]2CN(C[C@@H](O)COC(C)(C)C)CCO2)c1. The fourth-order valence-corrected chi connectivity index (χ4v) is 2.65. The van der Waals surface area contributed by atoms with Crippen LogP contribution in [-0.4, -0.2) is 67.3 Å². The quantitative estimate of drug-likeness (QED) is 0.814. The van der Waals surface area contributed by atoms with E-state index in [2.05, 4.69) is 4.90 Å². The molecule has 142 valence electrons. The molecular weight excluding hydrogens is 325 g/mol. The second kappa shape index (κ2) is 8.94. The van der Waals surface area contributed by atoms with E-state index in [4.69, 9.17) is 14.2 Å². The van der Waals surface area contributed by atoms with Crippen LogP contribution < -0.4 is 4.74 Å². The summed E-state index contributed by atoms with van der Waals surface area (Å²) in [6, 6.07) is 4.80.